The van der Waals surface area contributed by atoms with Crippen LogP contribution in [-0.2, 0) is 0 Å². The van der Waals surface area contributed by atoms with Gasteiger partial charge in [0, 0.05) is 31.7 Å². The lowest BCUT2D eigenvalue weighted by Crippen LogP contribution is -2.45. The lowest BCUT2D eigenvalue weighted by molar-refractivity contribution is 0.166. The third kappa shape index (κ3) is 2.58. The van der Waals surface area contributed by atoms with E-state index in [-0.39, 0.29) is 0 Å². The van der Waals surface area contributed by atoms with Crippen LogP contribution < -0.4 is 5.73 Å². The third-order valence-corrected chi connectivity index (χ3v) is 4.58. The molecular formula is C13H27N3. The molecule has 2 N–H and O–H groups in total. The van der Waals surface area contributed by atoms with Crippen molar-refractivity contribution in [3.8, 4) is 0 Å². The molecule has 3 heteroatoms. The zero-order chi connectivity index (χ0) is 11.5. The van der Waals surface area contributed by atoms with E-state index in [1.54, 1.807) is 0 Å². The van der Waals surface area contributed by atoms with Gasteiger partial charge in [-0.15, -0.1) is 0 Å². The van der Waals surface area contributed by atoms with Gasteiger partial charge in [-0.2, -0.15) is 0 Å². The minimum Gasteiger partial charge on any atom is -0.329 e. The first-order chi connectivity index (χ1) is 7.72. The lowest BCUT2D eigenvalue weighted by atomic mass is 9.97. The average Bonchev–Trinajstić information content (AvgIpc) is 2.88. The lowest BCUT2D eigenvalue weighted by Gasteiger charge is -2.32. The number of likely N-dealkylation sites (tertiary alicyclic amines) is 1. The van der Waals surface area contributed by atoms with E-state index in [9.17, 15) is 0 Å². The Hall–Kier alpha value is -0.120. The van der Waals surface area contributed by atoms with E-state index in [4.69, 9.17) is 5.73 Å². The first-order valence-electron chi connectivity index (χ1n) is 6.83. The molecule has 1 saturated carbocycles. The van der Waals surface area contributed by atoms with Crippen LogP contribution in [0.2, 0.25) is 0 Å². The highest BCUT2D eigenvalue weighted by molar-refractivity contribution is 4.90. The van der Waals surface area contributed by atoms with Gasteiger partial charge in [-0.05, 0) is 39.3 Å². The Labute approximate surface area is 100.0 Å². The molecule has 2 aliphatic rings. The number of hydrogen-bond donors (Lipinski definition) is 1. The fourth-order valence-electron chi connectivity index (χ4n) is 3.47. The van der Waals surface area contributed by atoms with Crippen molar-refractivity contribution in [1.82, 2.24) is 9.80 Å². The number of hydrogen-bond acceptors (Lipinski definition) is 3. The van der Waals surface area contributed by atoms with Crippen molar-refractivity contribution in [2.75, 3.05) is 33.7 Å². The largest absolute Gasteiger partial charge is 0.329 e. The molecule has 0 bridgehead atoms. The van der Waals surface area contributed by atoms with Gasteiger partial charge < -0.3 is 10.6 Å². The van der Waals surface area contributed by atoms with E-state index in [1.807, 2.05) is 0 Å². The highest BCUT2D eigenvalue weighted by Gasteiger charge is 2.33. The summed E-state index contributed by atoms with van der Waals surface area (Å²) in [6.07, 6.45) is 6.98. The fourth-order valence-corrected chi connectivity index (χ4v) is 3.47. The van der Waals surface area contributed by atoms with E-state index < -0.39 is 0 Å². The van der Waals surface area contributed by atoms with E-state index in [0.717, 1.165) is 18.5 Å². The van der Waals surface area contributed by atoms with E-state index in [2.05, 4.69) is 23.9 Å². The van der Waals surface area contributed by atoms with E-state index in [1.165, 1.54) is 45.2 Å². The van der Waals surface area contributed by atoms with Crippen molar-refractivity contribution in [2.45, 2.75) is 44.2 Å². The maximum absolute atomic E-state index is 6.00. The summed E-state index contributed by atoms with van der Waals surface area (Å²) in [5, 5.41) is 0. The molecule has 0 spiro atoms. The van der Waals surface area contributed by atoms with Crippen molar-refractivity contribution in [3.63, 3.8) is 0 Å². The Bertz CT molecular complexity index is 211. The van der Waals surface area contributed by atoms with Gasteiger partial charge >= 0.3 is 0 Å². The molecule has 2 atom stereocenters. The quantitative estimate of drug-likeness (QED) is 0.779. The van der Waals surface area contributed by atoms with Crippen LogP contribution in [-0.4, -0.2) is 55.6 Å². The molecule has 1 aliphatic carbocycles. The van der Waals surface area contributed by atoms with Crippen molar-refractivity contribution < 1.29 is 0 Å². The Balaban J connectivity index is 1.90. The standard InChI is InChI=1S/C13H27N3/c1-15(2)12-7-8-16(10-12)13(9-14)11-5-3-4-6-11/h11-13H,3-10,14H2,1-2H3. The first kappa shape index (κ1) is 12.3. The number of likely N-dealkylation sites (N-methyl/N-ethyl adjacent to an activating group) is 1. The molecule has 0 radical (unpaired) electrons. The summed E-state index contributed by atoms with van der Waals surface area (Å²) in [6, 6.07) is 1.41. The summed E-state index contributed by atoms with van der Waals surface area (Å²) in [4.78, 5) is 5.02. The summed E-state index contributed by atoms with van der Waals surface area (Å²) < 4.78 is 0. The summed E-state index contributed by atoms with van der Waals surface area (Å²) >= 11 is 0. The molecule has 0 aromatic heterocycles. The highest BCUT2D eigenvalue weighted by atomic mass is 15.3. The Morgan fingerprint density at radius 2 is 1.94 bits per heavy atom. The maximum atomic E-state index is 6.00. The normalized spacial score (nSPS) is 30.4. The van der Waals surface area contributed by atoms with Gasteiger partial charge in [0.2, 0.25) is 0 Å². The number of nitrogens with two attached hydrogens (primary N) is 1. The average molecular weight is 225 g/mol. The topological polar surface area (TPSA) is 32.5 Å². The second-order valence-corrected chi connectivity index (χ2v) is 5.75. The predicted octanol–water partition coefficient (Wildman–Crippen LogP) is 1.14. The molecule has 0 aromatic rings. The van der Waals surface area contributed by atoms with Gasteiger partial charge in [-0.25, -0.2) is 0 Å². The molecule has 16 heavy (non-hydrogen) atoms. The van der Waals surface area contributed by atoms with Crippen LogP contribution >= 0.6 is 0 Å². The van der Waals surface area contributed by atoms with Gasteiger partial charge in [0.15, 0.2) is 0 Å². The minimum atomic E-state index is 0.660. The molecule has 0 amide bonds. The van der Waals surface area contributed by atoms with E-state index >= 15 is 0 Å². The maximum Gasteiger partial charge on any atom is 0.0247 e. The molecule has 2 fully saturated rings. The van der Waals surface area contributed by atoms with Crippen LogP contribution in [0.15, 0.2) is 0 Å². The summed E-state index contributed by atoms with van der Waals surface area (Å²) in [7, 11) is 4.39. The van der Waals surface area contributed by atoms with Gasteiger partial charge in [-0.1, -0.05) is 12.8 Å². The smallest absolute Gasteiger partial charge is 0.0247 e. The SMILES string of the molecule is CN(C)C1CCN(C(CN)C2CCCC2)C1. The van der Waals surface area contributed by atoms with Gasteiger partial charge in [0.25, 0.3) is 0 Å². The van der Waals surface area contributed by atoms with Crippen molar-refractivity contribution in [1.29, 1.82) is 0 Å². The molecule has 1 aliphatic heterocycles. The van der Waals surface area contributed by atoms with Crippen molar-refractivity contribution in [2.24, 2.45) is 11.7 Å². The molecule has 2 rings (SSSR count). The van der Waals surface area contributed by atoms with Crippen molar-refractivity contribution >= 4 is 0 Å². The Kier molecular flexibility index (Phi) is 4.22. The number of rotatable bonds is 4. The molecule has 94 valence electrons. The highest BCUT2D eigenvalue weighted by Crippen LogP contribution is 2.31. The monoisotopic (exact) mass is 225 g/mol. The van der Waals surface area contributed by atoms with Crippen LogP contribution in [0.5, 0.6) is 0 Å². The molecule has 0 aromatic carbocycles. The van der Waals surface area contributed by atoms with Gasteiger partial charge in [0.1, 0.15) is 0 Å². The molecule has 2 unspecified atom stereocenters. The molecular weight excluding hydrogens is 198 g/mol. The van der Waals surface area contributed by atoms with Crippen LogP contribution in [0, 0.1) is 5.92 Å². The molecule has 1 saturated heterocycles. The Morgan fingerprint density at radius 1 is 1.25 bits per heavy atom. The zero-order valence-electron chi connectivity index (χ0n) is 10.9. The fraction of sp³-hybridized carbons (Fsp3) is 1.00. The second-order valence-electron chi connectivity index (χ2n) is 5.75. The van der Waals surface area contributed by atoms with E-state index in [0.29, 0.717) is 6.04 Å². The summed E-state index contributed by atoms with van der Waals surface area (Å²) in [5.41, 5.74) is 6.00. The van der Waals surface area contributed by atoms with Gasteiger partial charge in [0.05, 0.1) is 0 Å². The number of nitrogens with zero attached hydrogens (tertiary/aromatic N) is 2. The second kappa shape index (κ2) is 5.48. The third-order valence-electron chi connectivity index (χ3n) is 4.58. The molecule has 3 nitrogen and oxygen atoms in total. The minimum absolute atomic E-state index is 0.660. The van der Waals surface area contributed by atoms with Crippen molar-refractivity contribution in [3.05, 3.63) is 0 Å². The van der Waals surface area contributed by atoms with Crippen LogP contribution in [0.25, 0.3) is 0 Å². The zero-order valence-corrected chi connectivity index (χ0v) is 10.9. The van der Waals surface area contributed by atoms with Gasteiger partial charge in [-0.3, -0.25) is 4.90 Å². The van der Waals surface area contributed by atoms with Crippen LogP contribution in [0.3, 0.4) is 0 Å². The summed E-state index contributed by atoms with van der Waals surface area (Å²) in [5.74, 6) is 0.880. The van der Waals surface area contributed by atoms with Crippen LogP contribution in [0.1, 0.15) is 32.1 Å². The first-order valence-corrected chi connectivity index (χ1v) is 6.83. The molecule has 1 heterocycles. The predicted molar refractivity (Wildman–Crippen MR) is 68.5 cm³/mol. The summed E-state index contributed by atoms with van der Waals surface area (Å²) in [6.45, 7) is 3.33. The van der Waals surface area contributed by atoms with Crippen LogP contribution in [0.4, 0.5) is 0 Å². The Morgan fingerprint density at radius 3 is 2.44 bits per heavy atom.